The number of rotatable bonds is 9. The van der Waals surface area contributed by atoms with Crippen LogP contribution in [0.3, 0.4) is 0 Å². The van der Waals surface area contributed by atoms with Crippen molar-refractivity contribution >= 4 is 68.2 Å². The quantitative estimate of drug-likeness (QED) is 0.105. The van der Waals surface area contributed by atoms with E-state index in [9.17, 15) is 0 Å². The fourth-order valence-electron chi connectivity index (χ4n) is 8.02. The Labute approximate surface area is 338 Å². The molecule has 0 atom stereocenters. The summed E-state index contributed by atoms with van der Waals surface area (Å²) in [5.74, 6) is 0. The van der Waals surface area contributed by atoms with Gasteiger partial charge in [-0.2, -0.15) is 38.8 Å². The first-order chi connectivity index (χ1) is 26.6. The van der Waals surface area contributed by atoms with Crippen molar-refractivity contribution in [3.8, 4) is 0 Å². The molecule has 0 saturated carbocycles. The average molecular weight is 895 g/mol. The summed E-state index contributed by atoms with van der Waals surface area (Å²) in [7, 11) is 4.18. The smallest absolute Gasteiger partial charge is 0.504 e. The molecule has 0 saturated heterocycles. The summed E-state index contributed by atoms with van der Waals surface area (Å²) in [5.41, 5.74) is 13.5. The minimum Gasteiger partial charge on any atom is -0.504 e. The van der Waals surface area contributed by atoms with Gasteiger partial charge in [0.25, 0.3) is 0 Å². The minimum atomic E-state index is 0. The van der Waals surface area contributed by atoms with E-state index in [1.165, 1.54) is 34.1 Å². The number of anilines is 12. The second-order valence-corrected chi connectivity index (χ2v) is 14.1. The minimum absolute atomic E-state index is 0. The standard InChI is InChI=1S/C46H40N8.Os/c1-47-31-51(43-23-7-3-19-39(43)47)35-15-13-17-37(29-35)53-33-49(41-21-5-9-25-45(41)53)27-11-12-28-50-34-54(46-26-10-6-22-42(46)50)38-18-14-16-36(30-38)52-32-48(2)40-20-4-8-24-44(40)52;/h3-10,13-26,31-34H,11-12,27-28H2,1-2H3;/q-6;+6. The van der Waals surface area contributed by atoms with Gasteiger partial charge in [0.2, 0.25) is 0 Å². The van der Waals surface area contributed by atoms with E-state index in [1.807, 2.05) is 0 Å². The topological polar surface area (TPSA) is 25.9 Å². The number of nitrogens with zero attached hydrogens (tertiary/aromatic N) is 8. The third-order valence-electron chi connectivity index (χ3n) is 10.6. The van der Waals surface area contributed by atoms with Gasteiger partial charge in [-0.05, 0) is 88.6 Å². The molecule has 6 aromatic carbocycles. The Bertz CT molecular complexity index is 2170. The molecule has 55 heavy (non-hydrogen) atoms. The van der Waals surface area contributed by atoms with Gasteiger partial charge < -0.3 is 39.2 Å². The second kappa shape index (κ2) is 14.5. The summed E-state index contributed by atoms with van der Waals surface area (Å²) in [6.45, 7) is 10.6. The van der Waals surface area contributed by atoms with Crippen molar-refractivity contribution in [3.63, 3.8) is 0 Å². The first-order valence-corrected chi connectivity index (χ1v) is 18.6. The molecule has 272 valence electrons. The Morgan fingerprint density at radius 2 is 0.655 bits per heavy atom. The number of fused-ring (bicyclic) bond motifs is 4. The Hall–Kier alpha value is -5.64. The van der Waals surface area contributed by atoms with Crippen molar-refractivity contribution in [1.29, 1.82) is 0 Å². The van der Waals surface area contributed by atoms with E-state index in [-0.39, 0.29) is 19.8 Å². The van der Waals surface area contributed by atoms with Gasteiger partial charge in [-0.15, -0.1) is 59.1 Å². The van der Waals surface area contributed by atoms with Crippen LogP contribution in [0, 0.1) is 38.8 Å². The van der Waals surface area contributed by atoms with E-state index in [2.05, 4.69) is 226 Å². The number of unbranched alkanes of at least 4 members (excludes halogenated alkanes) is 1. The molecule has 0 fully saturated rings. The van der Waals surface area contributed by atoms with Crippen LogP contribution >= 0.6 is 0 Å². The summed E-state index contributed by atoms with van der Waals surface area (Å²) >= 11 is 0. The third-order valence-corrected chi connectivity index (χ3v) is 10.6. The normalized spacial score (nSPS) is 15.4. The number of para-hydroxylation sites is 8. The monoisotopic (exact) mass is 896 g/mol. The summed E-state index contributed by atoms with van der Waals surface area (Å²) in [5, 5.41) is 0. The molecule has 4 aliphatic rings. The molecule has 0 aromatic heterocycles. The molecule has 0 radical (unpaired) electrons. The van der Waals surface area contributed by atoms with Gasteiger partial charge in [-0.1, -0.05) is 48.5 Å². The molecule has 6 aromatic rings. The maximum Gasteiger partial charge on any atom is 6.00 e. The van der Waals surface area contributed by atoms with Crippen LogP contribution in [0.2, 0.25) is 0 Å². The van der Waals surface area contributed by atoms with E-state index in [0.29, 0.717) is 0 Å². The fourth-order valence-corrected chi connectivity index (χ4v) is 8.02. The molecule has 0 N–H and O–H groups in total. The third kappa shape index (κ3) is 6.21. The van der Waals surface area contributed by atoms with E-state index in [0.717, 1.165) is 60.1 Å². The Morgan fingerprint density at radius 3 is 1.02 bits per heavy atom. The predicted octanol–water partition coefficient (Wildman–Crippen LogP) is 10.3. The summed E-state index contributed by atoms with van der Waals surface area (Å²) in [6.07, 6.45) is 2.08. The molecule has 4 heterocycles. The van der Waals surface area contributed by atoms with Crippen LogP contribution < -0.4 is 39.2 Å². The zero-order valence-corrected chi connectivity index (χ0v) is 33.3. The van der Waals surface area contributed by atoms with Gasteiger partial charge in [0.05, 0.1) is 0 Å². The first-order valence-electron chi connectivity index (χ1n) is 18.6. The van der Waals surface area contributed by atoms with Gasteiger partial charge in [0.1, 0.15) is 0 Å². The van der Waals surface area contributed by atoms with Crippen molar-refractivity contribution in [2.24, 2.45) is 0 Å². The molecule has 0 aliphatic carbocycles. The SMILES string of the molecule is CN1[CH-]N(c2[c-]c(N3[CH-]N(CCCCN4[CH-]N(c5[c-]c(N6[CH-]N(C)c7ccccc76)ccc5)c5ccccc54)c4ccccc43)ccc2)c2ccccc21.[Os+6]. The summed E-state index contributed by atoms with van der Waals surface area (Å²) < 4.78 is 0. The molecule has 0 bridgehead atoms. The number of benzene rings is 6. The van der Waals surface area contributed by atoms with E-state index < -0.39 is 0 Å². The molecule has 0 spiro atoms. The van der Waals surface area contributed by atoms with Crippen molar-refractivity contribution in [1.82, 2.24) is 0 Å². The fraction of sp³-hybridized carbons (Fsp3) is 0.130. The van der Waals surface area contributed by atoms with Crippen LogP contribution in [0.1, 0.15) is 12.8 Å². The second-order valence-electron chi connectivity index (χ2n) is 14.1. The molecule has 10 rings (SSSR count). The average Bonchev–Trinajstić information content (AvgIpc) is 3.98. The summed E-state index contributed by atoms with van der Waals surface area (Å²) in [4.78, 5) is 18.1. The molecular weight excluding hydrogens is 855 g/mol. The summed E-state index contributed by atoms with van der Waals surface area (Å²) in [6, 6.07) is 54.5. The molecule has 9 heteroatoms. The van der Waals surface area contributed by atoms with Crippen LogP contribution in [0.25, 0.3) is 0 Å². The van der Waals surface area contributed by atoms with Crippen LogP contribution in [-0.4, -0.2) is 27.2 Å². The maximum absolute atomic E-state index is 3.72. The molecule has 4 aliphatic heterocycles. The van der Waals surface area contributed by atoms with Crippen LogP contribution in [0.4, 0.5) is 68.2 Å². The van der Waals surface area contributed by atoms with Crippen LogP contribution in [0.5, 0.6) is 0 Å². The number of hydrogen-bond donors (Lipinski definition) is 0. The first kappa shape index (κ1) is 35.1. The van der Waals surface area contributed by atoms with Gasteiger partial charge in [-0.3, -0.25) is 0 Å². The molecule has 0 unspecified atom stereocenters. The van der Waals surface area contributed by atoms with E-state index in [1.54, 1.807) is 0 Å². The van der Waals surface area contributed by atoms with E-state index >= 15 is 0 Å². The van der Waals surface area contributed by atoms with Crippen molar-refractivity contribution in [2.45, 2.75) is 12.8 Å². The van der Waals surface area contributed by atoms with E-state index in [4.69, 9.17) is 0 Å². The van der Waals surface area contributed by atoms with Gasteiger partial charge in [0, 0.05) is 45.5 Å². The van der Waals surface area contributed by atoms with Crippen LogP contribution in [0.15, 0.2) is 133 Å². The Morgan fingerprint density at radius 1 is 0.364 bits per heavy atom. The van der Waals surface area contributed by atoms with Crippen LogP contribution in [-0.2, 0) is 19.8 Å². The zero-order chi connectivity index (χ0) is 36.2. The zero-order valence-electron chi connectivity index (χ0n) is 30.8. The van der Waals surface area contributed by atoms with Crippen molar-refractivity contribution < 1.29 is 19.8 Å². The van der Waals surface area contributed by atoms with Crippen molar-refractivity contribution in [3.05, 3.63) is 172 Å². The van der Waals surface area contributed by atoms with Crippen molar-refractivity contribution in [2.75, 3.05) is 66.4 Å². The Kier molecular flexibility index (Phi) is 9.28. The Balaban J connectivity index is 0.00000397. The molecule has 8 nitrogen and oxygen atoms in total. The largest absolute Gasteiger partial charge is 6.00 e. The molecule has 0 amide bonds. The van der Waals surface area contributed by atoms with Gasteiger partial charge >= 0.3 is 19.8 Å². The van der Waals surface area contributed by atoms with Gasteiger partial charge in [-0.25, -0.2) is 0 Å². The van der Waals surface area contributed by atoms with Gasteiger partial charge in [0.15, 0.2) is 0 Å². The predicted molar refractivity (Wildman–Crippen MR) is 223 cm³/mol. The molecular formula is C46H40N8Os. The number of hydrogen-bond acceptors (Lipinski definition) is 8. The maximum atomic E-state index is 3.72.